The van der Waals surface area contributed by atoms with Gasteiger partial charge in [0.05, 0.1) is 6.26 Å². The summed E-state index contributed by atoms with van der Waals surface area (Å²) in [7, 11) is 0. The summed E-state index contributed by atoms with van der Waals surface area (Å²) in [5.74, 6) is 2.91. The summed E-state index contributed by atoms with van der Waals surface area (Å²) in [6.07, 6.45) is 5.74. The van der Waals surface area contributed by atoms with Gasteiger partial charge < -0.3 is 9.84 Å². The normalized spacial score (nSPS) is 32.2. The third-order valence-corrected chi connectivity index (χ3v) is 0.902. The van der Waals surface area contributed by atoms with Gasteiger partial charge in [0.15, 0.2) is 0 Å². The van der Waals surface area contributed by atoms with E-state index >= 15 is 0 Å². The highest BCUT2D eigenvalue weighted by molar-refractivity contribution is 5.07. The Bertz CT molecular complexity index is 154. The van der Waals surface area contributed by atoms with Crippen LogP contribution in [0.2, 0.25) is 0 Å². The Morgan fingerprint density at radius 3 is 2.67 bits per heavy atom. The van der Waals surface area contributed by atoms with Gasteiger partial charge in [0.25, 0.3) is 0 Å². The summed E-state index contributed by atoms with van der Waals surface area (Å²) in [5.41, 5.74) is 0. The molecule has 1 unspecified atom stereocenters. The minimum Gasteiger partial charge on any atom is -0.443 e. The molecular formula is C5H7NO3. The summed E-state index contributed by atoms with van der Waals surface area (Å²) in [5, 5.41) is 8.97. The quantitative estimate of drug-likeness (QED) is 0.374. The van der Waals surface area contributed by atoms with E-state index in [4.69, 9.17) is 5.11 Å². The minimum absolute atomic E-state index is 1.28. The zero-order valence-corrected chi connectivity index (χ0v) is 4.65. The molecule has 0 aromatic carbocycles. The van der Waals surface area contributed by atoms with Crippen molar-refractivity contribution in [1.29, 1.82) is 0 Å². The van der Waals surface area contributed by atoms with Crippen LogP contribution in [0.1, 0.15) is 0 Å². The van der Waals surface area contributed by atoms with Crippen LogP contribution in [0.15, 0.2) is 24.5 Å². The molecule has 50 valence electrons. The molecule has 1 rings (SSSR count). The smallest absolute Gasteiger partial charge is 0.362 e. The first-order chi connectivity index (χ1) is 4.27. The molecule has 0 saturated heterocycles. The van der Waals surface area contributed by atoms with Crippen molar-refractivity contribution >= 4 is 0 Å². The lowest BCUT2D eigenvalue weighted by molar-refractivity contribution is -0.309. The summed E-state index contributed by atoms with van der Waals surface area (Å²) in [6, 6.07) is 0. The summed E-state index contributed by atoms with van der Waals surface area (Å²) in [4.78, 5) is 4.07. The maximum absolute atomic E-state index is 8.97. The van der Waals surface area contributed by atoms with E-state index in [1.165, 1.54) is 12.3 Å². The highest BCUT2D eigenvalue weighted by atomic mass is 16.9. The molecule has 3 N–H and O–H groups in total. The third kappa shape index (κ3) is 1.29. The van der Waals surface area contributed by atoms with Crippen LogP contribution in [0.4, 0.5) is 0 Å². The highest BCUT2D eigenvalue weighted by Gasteiger charge is 2.25. The zero-order valence-electron chi connectivity index (χ0n) is 4.65. The van der Waals surface area contributed by atoms with Crippen LogP contribution in [-0.4, -0.2) is 11.1 Å². The molecule has 0 saturated carbocycles. The van der Waals surface area contributed by atoms with Crippen molar-refractivity contribution in [2.75, 3.05) is 0 Å². The molecular weight excluding hydrogens is 122 g/mol. The lowest BCUT2D eigenvalue weighted by Crippen LogP contribution is -2.35. The molecule has 0 aromatic rings. The van der Waals surface area contributed by atoms with Crippen LogP contribution < -0.4 is 5.90 Å². The van der Waals surface area contributed by atoms with E-state index in [9.17, 15) is 0 Å². The Morgan fingerprint density at radius 2 is 2.33 bits per heavy atom. The molecule has 0 bridgehead atoms. The fourth-order valence-corrected chi connectivity index (χ4v) is 0.466. The topological polar surface area (TPSA) is 64.7 Å². The van der Waals surface area contributed by atoms with Crippen LogP contribution in [0.25, 0.3) is 0 Å². The van der Waals surface area contributed by atoms with Crippen molar-refractivity contribution in [3.8, 4) is 0 Å². The molecule has 1 aliphatic rings. The molecule has 1 aliphatic heterocycles. The van der Waals surface area contributed by atoms with E-state index in [0.29, 0.717) is 0 Å². The lowest BCUT2D eigenvalue weighted by atomic mass is 10.4. The van der Waals surface area contributed by atoms with Gasteiger partial charge in [0.2, 0.25) is 0 Å². The standard InChI is InChI=1S/C5H7NO3/c6-9-5(7)3-1-2-4-8-5/h1-4,7H,6H2. The second kappa shape index (κ2) is 2.18. The largest absolute Gasteiger partial charge is 0.443 e. The first kappa shape index (κ1) is 6.28. The number of hydrogen-bond acceptors (Lipinski definition) is 4. The molecule has 9 heavy (non-hydrogen) atoms. The summed E-state index contributed by atoms with van der Waals surface area (Å²) in [6.45, 7) is 0. The average molecular weight is 129 g/mol. The fraction of sp³-hybridized carbons (Fsp3) is 0.200. The van der Waals surface area contributed by atoms with E-state index in [0.717, 1.165) is 0 Å². The Kier molecular flexibility index (Phi) is 1.52. The second-order valence-electron chi connectivity index (χ2n) is 1.55. The van der Waals surface area contributed by atoms with Gasteiger partial charge in [0, 0.05) is 6.08 Å². The van der Waals surface area contributed by atoms with Gasteiger partial charge in [-0.3, -0.25) is 0 Å². The SMILES string of the molecule is NOC1(O)C=CC=CO1. The van der Waals surface area contributed by atoms with Crippen molar-refractivity contribution in [1.82, 2.24) is 0 Å². The first-order valence-corrected chi connectivity index (χ1v) is 2.39. The molecule has 4 heteroatoms. The van der Waals surface area contributed by atoms with Crippen molar-refractivity contribution in [2.24, 2.45) is 5.90 Å². The predicted octanol–water partition coefficient (Wildman–Crippen LogP) is -0.377. The van der Waals surface area contributed by atoms with E-state index < -0.39 is 5.97 Å². The number of nitrogens with two attached hydrogens (primary N) is 1. The molecule has 0 radical (unpaired) electrons. The number of aliphatic hydroxyl groups is 1. The van der Waals surface area contributed by atoms with Crippen LogP contribution in [0.3, 0.4) is 0 Å². The average Bonchev–Trinajstić information content (AvgIpc) is 1.90. The number of allylic oxidation sites excluding steroid dienone is 2. The van der Waals surface area contributed by atoms with Gasteiger partial charge in [-0.1, -0.05) is 6.08 Å². The predicted molar refractivity (Wildman–Crippen MR) is 29.6 cm³/mol. The number of rotatable bonds is 1. The van der Waals surface area contributed by atoms with Crippen LogP contribution in [-0.2, 0) is 9.57 Å². The fourth-order valence-electron chi connectivity index (χ4n) is 0.466. The van der Waals surface area contributed by atoms with Crippen molar-refractivity contribution in [2.45, 2.75) is 5.97 Å². The van der Waals surface area contributed by atoms with Crippen molar-refractivity contribution < 1.29 is 14.7 Å². The highest BCUT2D eigenvalue weighted by Crippen LogP contribution is 2.12. The van der Waals surface area contributed by atoms with E-state index in [1.54, 1.807) is 12.2 Å². The monoisotopic (exact) mass is 129 g/mol. The molecule has 0 aliphatic carbocycles. The third-order valence-electron chi connectivity index (χ3n) is 0.902. The first-order valence-electron chi connectivity index (χ1n) is 2.39. The Morgan fingerprint density at radius 1 is 1.56 bits per heavy atom. The van der Waals surface area contributed by atoms with Gasteiger partial charge in [-0.15, -0.1) is 0 Å². The Hall–Kier alpha value is -0.840. The van der Waals surface area contributed by atoms with Gasteiger partial charge in [-0.2, -0.15) is 0 Å². The molecule has 1 atom stereocenters. The molecule has 0 aromatic heterocycles. The van der Waals surface area contributed by atoms with Gasteiger partial charge in [-0.25, -0.2) is 10.7 Å². The molecule has 0 amide bonds. The maximum atomic E-state index is 8.97. The lowest BCUT2D eigenvalue weighted by Gasteiger charge is -2.21. The summed E-state index contributed by atoms with van der Waals surface area (Å²) >= 11 is 0. The molecule has 0 spiro atoms. The van der Waals surface area contributed by atoms with Gasteiger partial charge in [0.1, 0.15) is 0 Å². The van der Waals surface area contributed by atoms with E-state index in [-0.39, 0.29) is 0 Å². The van der Waals surface area contributed by atoms with Gasteiger partial charge in [-0.05, 0) is 6.08 Å². The summed E-state index contributed by atoms with van der Waals surface area (Å²) < 4.78 is 4.56. The zero-order chi connectivity index (χ0) is 6.74. The van der Waals surface area contributed by atoms with Crippen molar-refractivity contribution in [3.05, 3.63) is 24.5 Å². The second-order valence-corrected chi connectivity index (χ2v) is 1.55. The van der Waals surface area contributed by atoms with Crippen LogP contribution in [0.5, 0.6) is 0 Å². The van der Waals surface area contributed by atoms with Gasteiger partial charge >= 0.3 is 5.97 Å². The number of ether oxygens (including phenoxy) is 1. The number of hydrogen-bond donors (Lipinski definition) is 2. The van der Waals surface area contributed by atoms with E-state index in [1.807, 2.05) is 0 Å². The maximum Gasteiger partial charge on any atom is 0.362 e. The van der Waals surface area contributed by atoms with E-state index in [2.05, 4.69) is 15.5 Å². The molecule has 4 nitrogen and oxygen atoms in total. The molecule has 1 heterocycles. The van der Waals surface area contributed by atoms with Crippen LogP contribution >= 0.6 is 0 Å². The van der Waals surface area contributed by atoms with Crippen molar-refractivity contribution in [3.63, 3.8) is 0 Å². The Labute approximate surface area is 52.1 Å². The molecule has 0 fully saturated rings. The Balaban J connectivity index is 2.63. The van der Waals surface area contributed by atoms with Crippen LogP contribution in [0, 0.1) is 0 Å². The minimum atomic E-state index is -1.77.